The van der Waals surface area contributed by atoms with Crippen molar-refractivity contribution in [1.29, 1.82) is 0 Å². The van der Waals surface area contributed by atoms with Gasteiger partial charge >= 0.3 is 5.97 Å². The quantitative estimate of drug-likeness (QED) is 0.342. The van der Waals surface area contributed by atoms with Crippen LogP contribution in [0.4, 0.5) is 5.13 Å². The van der Waals surface area contributed by atoms with Gasteiger partial charge in [0.25, 0.3) is 5.91 Å². The number of amides is 1. The number of nitrogens with zero attached hydrogens (tertiary/aromatic N) is 1. The van der Waals surface area contributed by atoms with E-state index in [-0.39, 0.29) is 5.75 Å². The first-order valence-corrected chi connectivity index (χ1v) is 11.2. The Labute approximate surface area is 191 Å². The lowest BCUT2D eigenvalue weighted by molar-refractivity contribution is -0.144. The maximum Gasteiger partial charge on any atom is 0.316 e. The van der Waals surface area contributed by atoms with E-state index in [9.17, 15) is 9.59 Å². The highest BCUT2D eigenvalue weighted by atomic mass is 35.5. The molecule has 3 rings (SSSR count). The summed E-state index contributed by atoms with van der Waals surface area (Å²) < 4.78 is 10.1. The minimum atomic E-state index is -0.538. The first kappa shape index (κ1) is 22.4. The first-order chi connectivity index (χ1) is 14.4. The Balaban J connectivity index is 1.45. The van der Waals surface area contributed by atoms with Gasteiger partial charge in [-0.1, -0.05) is 23.2 Å². The third kappa shape index (κ3) is 6.37. The number of methoxy groups -OCH3 is 1. The van der Waals surface area contributed by atoms with Gasteiger partial charge in [0.05, 0.1) is 23.6 Å². The fourth-order valence-electron chi connectivity index (χ4n) is 2.29. The molecule has 1 amide bonds. The number of rotatable bonds is 8. The summed E-state index contributed by atoms with van der Waals surface area (Å²) in [4.78, 5) is 29.0. The maximum atomic E-state index is 12.0. The van der Waals surface area contributed by atoms with Crippen molar-refractivity contribution in [3.8, 4) is 17.0 Å². The molecule has 0 spiro atoms. The van der Waals surface area contributed by atoms with Gasteiger partial charge in [-0.2, -0.15) is 0 Å². The van der Waals surface area contributed by atoms with Crippen LogP contribution in [0, 0.1) is 0 Å². The molecular formula is C20H16Cl2N2O4S2. The zero-order valence-corrected chi connectivity index (χ0v) is 18.8. The molecule has 2 aromatic carbocycles. The second-order valence-electron chi connectivity index (χ2n) is 5.84. The van der Waals surface area contributed by atoms with Crippen LogP contribution in [0.3, 0.4) is 0 Å². The number of aromatic nitrogens is 1. The Morgan fingerprint density at radius 3 is 2.67 bits per heavy atom. The highest BCUT2D eigenvalue weighted by Gasteiger charge is 2.12. The van der Waals surface area contributed by atoms with E-state index >= 15 is 0 Å². The zero-order valence-electron chi connectivity index (χ0n) is 15.7. The molecule has 0 aliphatic carbocycles. The summed E-state index contributed by atoms with van der Waals surface area (Å²) in [6.45, 7) is -0.403. The number of benzene rings is 2. The molecule has 0 unspecified atom stereocenters. The van der Waals surface area contributed by atoms with E-state index in [0.29, 0.717) is 20.1 Å². The lowest BCUT2D eigenvalue weighted by atomic mass is 10.2. The summed E-state index contributed by atoms with van der Waals surface area (Å²) in [5.74, 6) is -0.249. The van der Waals surface area contributed by atoms with Gasteiger partial charge in [-0.15, -0.1) is 23.1 Å². The minimum absolute atomic E-state index is 0.00616. The van der Waals surface area contributed by atoms with E-state index < -0.39 is 18.5 Å². The topological polar surface area (TPSA) is 77.5 Å². The molecular weight excluding hydrogens is 467 g/mol. The number of halogens is 2. The van der Waals surface area contributed by atoms with E-state index in [4.69, 9.17) is 32.7 Å². The number of hydrogen-bond donors (Lipinski definition) is 1. The number of thiazole rings is 1. The fourth-order valence-corrected chi connectivity index (χ4v) is 4.32. The first-order valence-electron chi connectivity index (χ1n) is 8.58. The Bertz CT molecular complexity index is 1040. The molecule has 1 N–H and O–H groups in total. The Kier molecular flexibility index (Phi) is 7.98. The number of anilines is 1. The molecule has 30 heavy (non-hydrogen) atoms. The van der Waals surface area contributed by atoms with Gasteiger partial charge in [0.15, 0.2) is 11.7 Å². The van der Waals surface area contributed by atoms with Crippen LogP contribution in [-0.2, 0) is 14.3 Å². The Morgan fingerprint density at radius 2 is 1.93 bits per heavy atom. The number of thioether (sulfide) groups is 1. The highest BCUT2D eigenvalue weighted by Crippen LogP contribution is 2.30. The summed E-state index contributed by atoms with van der Waals surface area (Å²) in [6, 6.07) is 12.4. The van der Waals surface area contributed by atoms with Crippen molar-refractivity contribution in [2.75, 3.05) is 24.8 Å². The molecule has 156 valence electrons. The summed E-state index contributed by atoms with van der Waals surface area (Å²) in [6.07, 6.45) is 0. The number of carbonyl (C=O) groups excluding carboxylic acids is 2. The van der Waals surface area contributed by atoms with Crippen molar-refractivity contribution >= 4 is 63.3 Å². The SMILES string of the molecule is COc1ccc(-c2csc(NC(=O)COC(=O)CSc3cc(Cl)ccc3Cl)n2)cc1. The molecule has 6 nitrogen and oxygen atoms in total. The van der Waals surface area contributed by atoms with Crippen LogP contribution in [0.25, 0.3) is 11.3 Å². The summed E-state index contributed by atoms with van der Waals surface area (Å²) in [7, 11) is 1.60. The molecule has 10 heteroatoms. The smallest absolute Gasteiger partial charge is 0.316 e. The van der Waals surface area contributed by atoms with Crippen molar-refractivity contribution in [1.82, 2.24) is 4.98 Å². The van der Waals surface area contributed by atoms with Gasteiger partial charge < -0.3 is 9.47 Å². The molecule has 1 aromatic heterocycles. The van der Waals surface area contributed by atoms with E-state index in [1.54, 1.807) is 25.3 Å². The average Bonchev–Trinajstić information content (AvgIpc) is 3.21. The number of nitrogens with one attached hydrogen (secondary N) is 1. The van der Waals surface area contributed by atoms with Crippen LogP contribution in [0.5, 0.6) is 5.75 Å². The summed E-state index contributed by atoms with van der Waals surface area (Å²) >= 11 is 14.4. The van der Waals surface area contributed by atoms with Crippen LogP contribution >= 0.6 is 46.3 Å². The molecule has 0 atom stereocenters. The second-order valence-corrected chi connectivity index (χ2v) is 8.56. The molecule has 1 heterocycles. The molecule has 0 radical (unpaired) electrons. The van der Waals surface area contributed by atoms with Gasteiger partial charge in [0, 0.05) is 20.9 Å². The van der Waals surface area contributed by atoms with Gasteiger partial charge in [0.2, 0.25) is 0 Å². The highest BCUT2D eigenvalue weighted by molar-refractivity contribution is 8.00. The predicted octanol–water partition coefficient (Wildman–Crippen LogP) is 5.40. The monoisotopic (exact) mass is 482 g/mol. The van der Waals surface area contributed by atoms with E-state index in [2.05, 4.69) is 10.3 Å². The van der Waals surface area contributed by atoms with Gasteiger partial charge in [0.1, 0.15) is 5.75 Å². The fraction of sp³-hybridized carbons (Fsp3) is 0.150. The van der Waals surface area contributed by atoms with Crippen molar-refractivity contribution in [2.45, 2.75) is 4.90 Å². The maximum absolute atomic E-state index is 12.0. The molecule has 0 saturated heterocycles. The van der Waals surface area contributed by atoms with Crippen molar-refractivity contribution < 1.29 is 19.1 Å². The van der Waals surface area contributed by atoms with Crippen molar-refractivity contribution in [2.24, 2.45) is 0 Å². The minimum Gasteiger partial charge on any atom is -0.497 e. The molecule has 0 saturated carbocycles. The molecule has 0 fully saturated rings. The van der Waals surface area contributed by atoms with Crippen LogP contribution in [-0.4, -0.2) is 36.3 Å². The largest absolute Gasteiger partial charge is 0.497 e. The van der Waals surface area contributed by atoms with Crippen LogP contribution < -0.4 is 10.1 Å². The number of ether oxygens (including phenoxy) is 2. The van der Waals surface area contributed by atoms with Crippen LogP contribution in [0.2, 0.25) is 10.0 Å². The number of hydrogen-bond acceptors (Lipinski definition) is 7. The lowest BCUT2D eigenvalue weighted by Crippen LogP contribution is -2.21. The van der Waals surface area contributed by atoms with E-state index in [1.807, 2.05) is 29.6 Å². The zero-order chi connectivity index (χ0) is 21.5. The summed E-state index contributed by atoms with van der Waals surface area (Å²) in [5.41, 5.74) is 1.63. The Morgan fingerprint density at radius 1 is 1.17 bits per heavy atom. The summed E-state index contributed by atoms with van der Waals surface area (Å²) in [5, 5.41) is 5.88. The normalized spacial score (nSPS) is 10.5. The van der Waals surface area contributed by atoms with Gasteiger partial charge in [-0.05, 0) is 42.5 Å². The van der Waals surface area contributed by atoms with E-state index in [1.165, 1.54) is 23.1 Å². The van der Waals surface area contributed by atoms with Crippen LogP contribution in [0.15, 0.2) is 52.7 Å². The number of esters is 1. The third-order valence-electron chi connectivity index (χ3n) is 3.74. The molecule has 0 bridgehead atoms. The van der Waals surface area contributed by atoms with Gasteiger partial charge in [-0.25, -0.2) is 4.98 Å². The van der Waals surface area contributed by atoms with Crippen LogP contribution in [0.1, 0.15) is 0 Å². The molecule has 3 aromatic rings. The lowest BCUT2D eigenvalue weighted by Gasteiger charge is -2.06. The van der Waals surface area contributed by atoms with Crippen molar-refractivity contribution in [3.63, 3.8) is 0 Å². The predicted molar refractivity (Wildman–Crippen MR) is 121 cm³/mol. The second kappa shape index (κ2) is 10.7. The standard InChI is InChI=1S/C20H16Cl2N2O4S2/c1-27-14-5-2-12(3-6-14)16-10-30-20(23-16)24-18(25)9-28-19(26)11-29-17-8-13(21)4-7-15(17)22/h2-8,10H,9,11H2,1H3,(H,23,24,25). The molecule has 0 aliphatic rings. The van der Waals surface area contributed by atoms with Crippen molar-refractivity contribution in [3.05, 3.63) is 57.9 Å². The Hall–Kier alpha value is -2.26. The third-order valence-corrected chi connectivity index (χ3v) is 6.20. The molecule has 0 aliphatic heterocycles. The van der Waals surface area contributed by atoms with E-state index in [0.717, 1.165) is 17.0 Å². The average molecular weight is 483 g/mol. The van der Waals surface area contributed by atoms with Gasteiger partial charge in [-0.3, -0.25) is 14.9 Å². The number of carbonyl (C=O) groups is 2.